The summed E-state index contributed by atoms with van der Waals surface area (Å²) in [6.07, 6.45) is 5.38. The summed E-state index contributed by atoms with van der Waals surface area (Å²) in [6.45, 7) is 2.75. The molecule has 1 aromatic carbocycles. The van der Waals surface area contributed by atoms with Gasteiger partial charge in [0.25, 0.3) is 5.91 Å². The van der Waals surface area contributed by atoms with Gasteiger partial charge in [-0.15, -0.1) is 5.10 Å². The molecule has 0 radical (unpaired) electrons. The summed E-state index contributed by atoms with van der Waals surface area (Å²) < 4.78 is 13.1. The number of amides is 1. The predicted octanol–water partition coefficient (Wildman–Crippen LogP) is 2.06. The van der Waals surface area contributed by atoms with E-state index in [-0.39, 0.29) is 18.6 Å². The fourth-order valence-electron chi connectivity index (χ4n) is 3.11. The topological polar surface area (TPSA) is 69.5 Å². The van der Waals surface area contributed by atoms with E-state index in [4.69, 9.17) is 9.47 Å². The molecule has 1 atom stereocenters. The maximum Gasteiger partial charge on any atom is 0.260 e. The van der Waals surface area contributed by atoms with Gasteiger partial charge in [0.1, 0.15) is 11.4 Å². The van der Waals surface area contributed by atoms with Crippen molar-refractivity contribution in [1.82, 2.24) is 19.9 Å². The van der Waals surface area contributed by atoms with Gasteiger partial charge in [0.15, 0.2) is 6.61 Å². The van der Waals surface area contributed by atoms with Crippen molar-refractivity contribution in [2.75, 3.05) is 26.3 Å². The molecule has 1 saturated heterocycles. The van der Waals surface area contributed by atoms with Crippen LogP contribution >= 0.6 is 0 Å². The minimum absolute atomic E-state index is 0.00413. The fourth-order valence-corrected chi connectivity index (χ4v) is 3.11. The summed E-state index contributed by atoms with van der Waals surface area (Å²) in [7, 11) is 0. The smallest absolute Gasteiger partial charge is 0.260 e. The zero-order chi connectivity index (χ0) is 17.8. The predicted molar refractivity (Wildman–Crippen MR) is 94.6 cm³/mol. The summed E-state index contributed by atoms with van der Waals surface area (Å²) in [5, 5.41) is 8.40. The molecule has 0 spiro atoms. The lowest BCUT2D eigenvalue weighted by Gasteiger charge is -2.16. The molecular weight excluding hydrogens is 332 g/mol. The highest BCUT2D eigenvalue weighted by Crippen LogP contribution is 2.29. The second kappa shape index (κ2) is 7.86. The molecule has 7 heteroatoms. The van der Waals surface area contributed by atoms with Crippen molar-refractivity contribution >= 4 is 5.91 Å². The second-order valence-electron chi connectivity index (χ2n) is 7.03. The van der Waals surface area contributed by atoms with Crippen LogP contribution in [0.25, 0.3) is 0 Å². The highest BCUT2D eigenvalue weighted by atomic mass is 16.5. The van der Waals surface area contributed by atoms with Crippen LogP contribution in [-0.4, -0.2) is 52.1 Å². The van der Waals surface area contributed by atoms with Crippen LogP contribution in [0.15, 0.2) is 36.5 Å². The molecular formula is C19H24N4O3. The van der Waals surface area contributed by atoms with Gasteiger partial charge in [-0.25, -0.2) is 4.68 Å². The van der Waals surface area contributed by atoms with Gasteiger partial charge in [0, 0.05) is 19.7 Å². The molecule has 1 saturated carbocycles. The Morgan fingerprint density at radius 3 is 2.85 bits per heavy atom. The van der Waals surface area contributed by atoms with Crippen LogP contribution in [0, 0.1) is 5.92 Å². The number of benzene rings is 1. The molecule has 0 N–H and O–H groups in total. The van der Waals surface area contributed by atoms with Crippen LogP contribution in [0.5, 0.6) is 5.75 Å². The molecule has 4 rings (SSSR count). The van der Waals surface area contributed by atoms with E-state index in [0.717, 1.165) is 31.2 Å². The number of carbonyl (C=O) groups is 1. The molecule has 1 aromatic heterocycles. The van der Waals surface area contributed by atoms with E-state index in [1.54, 1.807) is 0 Å². The number of likely N-dealkylation sites (tertiary alicyclic amines) is 1. The normalized spacial score (nSPS) is 19.7. The summed E-state index contributed by atoms with van der Waals surface area (Å²) >= 11 is 0. The number of hydrogen-bond donors (Lipinski definition) is 0. The van der Waals surface area contributed by atoms with Gasteiger partial charge in [-0.05, 0) is 37.3 Å². The van der Waals surface area contributed by atoms with Gasteiger partial charge in [-0.3, -0.25) is 4.79 Å². The van der Waals surface area contributed by atoms with Gasteiger partial charge in [0.2, 0.25) is 0 Å². The highest BCUT2D eigenvalue weighted by molar-refractivity contribution is 5.78. The fraction of sp³-hybridized carbons (Fsp3) is 0.526. The lowest BCUT2D eigenvalue weighted by molar-refractivity contribution is -0.132. The Labute approximate surface area is 152 Å². The van der Waals surface area contributed by atoms with Crippen LogP contribution in [0.4, 0.5) is 0 Å². The Kier molecular flexibility index (Phi) is 5.15. The molecule has 1 amide bonds. The number of hydrogen-bond acceptors (Lipinski definition) is 5. The standard InChI is InChI=1S/C19H24N4O3/c24-19(14-26-18-4-2-1-3-5-18)22-9-8-17(11-22)23-10-16(20-21-23)13-25-12-15-6-7-15/h1-5,10,15,17H,6-9,11-14H2. The quantitative estimate of drug-likeness (QED) is 0.724. The molecule has 1 unspecified atom stereocenters. The maximum absolute atomic E-state index is 12.3. The first-order valence-corrected chi connectivity index (χ1v) is 9.22. The number of nitrogens with zero attached hydrogens (tertiary/aromatic N) is 4. The monoisotopic (exact) mass is 356 g/mol. The van der Waals surface area contributed by atoms with Crippen molar-refractivity contribution in [2.24, 2.45) is 5.92 Å². The average molecular weight is 356 g/mol. The second-order valence-corrected chi connectivity index (χ2v) is 7.03. The lowest BCUT2D eigenvalue weighted by atomic mass is 10.3. The van der Waals surface area contributed by atoms with Crippen molar-refractivity contribution in [3.8, 4) is 5.75 Å². The summed E-state index contributed by atoms with van der Waals surface area (Å²) in [5.41, 5.74) is 0.850. The lowest BCUT2D eigenvalue weighted by Crippen LogP contribution is -2.33. The average Bonchev–Trinajstić information content (AvgIpc) is 3.16. The first-order chi connectivity index (χ1) is 12.8. The minimum atomic E-state index is 0.00413. The number of carbonyl (C=O) groups excluding carboxylic acids is 1. The van der Waals surface area contributed by atoms with Gasteiger partial charge in [0.05, 0.1) is 18.8 Å². The molecule has 0 bridgehead atoms. The Hall–Kier alpha value is -2.41. The van der Waals surface area contributed by atoms with Gasteiger partial charge in [-0.2, -0.15) is 0 Å². The van der Waals surface area contributed by atoms with E-state index in [9.17, 15) is 4.79 Å². The van der Waals surface area contributed by atoms with Gasteiger partial charge < -0.3 is 14.4 Å². The Balaban J connectivity index is 1.23. The van der Waals surface area contributed by atoms with Crippen molar-refractivity contribution < 1.29 is 14.3 Å². The van der Waals surface area contributed by atoms with Crippen LogP contribution in [0.2, 0.25) is 0 Å². The third-order valence-corrected chi connectivity index (χ3v) is 4.85. The first-order valence-electron chi connectivity index (χ1n) is 9.22. The summed E-state index contributed by atoms with van der Waals surface area (Å²) in [6, 6.07) is 9.57. The molecule has 2 aliphatic rings. The van der Waals surface area contributed by atoms with Gasteiger partial charge >= 0.3 is 0 Å². The highest BCUT2D eigenvalue weighted by Gasteiger charge is 2.28. The number of aromatic nitrogens is 3. The molecule has 2 fully saturated rings. The van der Waals surface area contributed by atoms with E-state index in [1.807, 2.05) is 46.1 Å². The summed E-state index contributed by atoms with van der Waals surface area (Å²) in [4.78, 5) is 14.2. The van der Waals surface area contributed by atoms with Crippen molar-refractivity contribution in [1.29, 1.82) is 0 Å². The molecule has 1 aliphatic heterocycles. The van der Waals surface area contributed by atoms with Crippen LogP contribution in [-0.2, 0) is 16.1 Å². The van der Waals surface area contributed by atoms with E-state index in [0.29, 0.717) is 18.9 Å². The maximum atomic E-state index is 12.3. The number of ether oxygens (including phenoxy) is 2. The minimum Gasteiger partial charge on any atom is -0.484 e. The molecule has 2 aromatic rings. The third-order valence-electron chi connectivity index (χ3n) is 4.85. The van der Waals surface area contributed by atoms with Crippen molar-refractivity contribution in [2.45, 2.75) is 31.9 Å². The molecule has 7 nitrogen and oxygen atoms in total. The van der Waals surface area contributed by atoms with Crippen molar-refractivity contribution in [3.63, 3.8) is 0 Å². The zero-order valence-corrected chi connectivity index (χ0v) is 14.8. The van der Waals surface area contributed by atoms with Crippen LogP contribution in [0.3, 0.4) is 0 Å². The van der Waals surface area contributed by atoms with E-state index in [2.05, 4.69) is 10.3 Å². The third kappa shape index (κ3) is 4.40. The Morgan fingerprint density at radius 1 is 1.19 bits per heavy atom. The van der Waals surface area contributed by atoms with E-state index >= 15 is 0 Å². The number of para-hydroxylation sites is 1. The molecule has 26 heavy (non-hydrogen) atoms. The Bertz CT molecular complexity index is 729. The molecule has 1 aliphatic carbocycles. The van der Waals surface area contributed by atoms with Crippen LogP contribution in [0.1, 0.15) is 31.0 Å². The summed E-state index contributed by atoms with van der Waals surface area (Å²) in [5.74, 6) is 1.46. The zero-order valence-electron chi connectivity index (χ0n) is 14.8. The molecule has 2 heterocycles. The van der Waals surface area contributed by atoms with E-state index in [1.165, 1.54) is 12.8 Å². The largest absolute Gasteiger partial charge is 0.484 e. The molecule has 138 valence electrons. The first kappa shape index (κ1) is 17.0. The van der Waals surface area contributed by atoms with E-state index < -0.39 is 0 Å². The SMILES string of the molecule is O=C(COc1ccccc1)N1CCC(n2cc(COCC3CC3)nn2)C1. The van der Waals surface area contributed by atoms with Gasteiger partial charge in [-0.1, -0.05) is 23.4 Å². The van der Waals surface area contributed by atoms with Crippen LogP contribution < -0.4 is 4.74 Å². The Morgan fingerprint density at radius 2 is 2.04 bits per heavy atom. The van der Waals surface area contributed by atoms with Crippen molar-refractivity contribution in [3.05, 3.63) is 42.2 Å². The number of rotatable bonds is 8.